The first-order valence-electron chi connectivity index (χ1n) is 35.8. The van der Waals surface area contributed by atoms with Crippen LogP contribution in [0.5, 0.6) is 0 Å². The van der Waals surface area contributed by atoms with Crippen LogP contribution in [0.1, 0.15) is 259 Å². The van der Waals surface area contributed by atoms with Crippen LogP contribution in [0.2, 0.25) is 0 Å². The molecular weight excluding hydrogens is 1140 g/mol. The predicted molar refractivity (Wildman–Crippen MR) is 343 cm³/mol. The quantitative estimate of drug-likeness (QED) is 0.0762. The van der Waals surface area contributed by atoms with Gasteiger partial charge in [0.15, 0.2) is 0 Å². The first-order chi connectivity index (χ1) is 43.2. The summed E-state index contributed by atoms with van der Waals surface area (Å²) in [7, 11) is 0. The molecule has 15 heteroatoms. The van der Waals surface area contributed by atoms with Crippen molar-refractivity contribution in [3.63, 3.8) is 0 Å². The molecule has 90 heavy (non-hydrogen) atoms. The fourth-order valence-corrected chi connectivity index (χ4v) is 19.7. The van der Waals surface area contributed by atoms with E-state index in [1.807, 2.05) is 0 Å². The molecule has 0 N–H and O–H groups in total. The van der Waals surface area contributed by atoms with Gasteiger partial charge in [0, 0.05) is 58.5 Å². The molecule has 0 spiro atoms. The summed E-state index contributed by atoms with van der Waals surface area (Å²) in [6.45, 7) is 27.5. The molecule has 14 rings (SSSR count). The lowest BCUT2D eigenvalue weighted by Crippen LogP contribution is -2.48. The van der Waals surface area contributed by atoms with Gasteiger partial charge in [-0.2, -0.15) is 0 Å². The summed E-state index contributed by atoms with van der Waals surface area (Å²) in [6, 6.07) is 0. The van der Waals surface area contributed by atoms with Gasteiger partial charge in [-0.3, -0.25) is 0 Å². The highest BCUT2D eigenvalue weighted by Crippen LogP contribution is 2.56. The molecule has 502 valence electrons. The van der Waals surface area contributed by atoms with E-state index < -0.39 is 0 Å². The van der Waals surface area contributed by atoms with Crippen LogP contribution in [0.15, 0.2) is 61.8 Å². The van der Waals surface area contributed by atoms with Crippen molar-refractivity contribution in [1.29, 1.82) is 0 Å². The second-order valence-corrected chi connectivity index (χ2v) is 29.9. The Labute approximate surface area is 538 Å². The molecule has 10 saturated heterocycles. The molecule has 0 amide bonds. The molecule has 10 aliphatic heterocycles. The third-order valence-corrected chi connectivity index (χ3v) is 24.3. The van der Waals surface area contributed by atoms with Gasteiger partial charge in [0.05, 0.1) is 61.0 Å². The number of fused-ring (bicyclic) bond motifs is 10. The summed E-state index contributed by atoms with van der Waals surface area (Å²) in [4.78, 5) is 59.0. The van der Waals surface area contributed by atoms with Crippen molar-refractivity contribution in [3.8, 4) is 0 Å². The normalized spacial score (nSPS) is 35.8. The van der Waals surface area contributed by atoms with E-state index in [1.165, 1.54) is 57.1 Å². The second kappa shape index (κ2) is 29.6. The number of hydrogen-bond acceptors (Lipinski definition) is 15. The van der Waals surface area contributed by atoms with Crippen LogP contribution in [0.4, 0.5) is 0 Å². The van der Waals surface area contributed by atoms with Crippen LogP contribution >= 0.6 is 0 Å². The lowest BCUT2D eigenvalue weighted by Gasteiger charge is -2.43. The number of esters is 5. The third kappa shape index (κ3) is 15.0. The number of carbonyl (C=O) groups is 5. The fraction of sp³-hybridized carbons (Fsp3) is 0.800. The largest absolute Gasteiger partial charge is 0.456 e. The van der Waals surface area contributed by atoms with Gasteiger partial charge in [0.2, 0.25) is 0 Å². The molecule has 0 aromatic heterocycles. The van der Waals surface area contributed by atoms with E-state index in [-0.39, 0.29) is 64.0 Å². The summed E-state index contributed by atoms with van der Waals surface area (Å²) in [5.41, 5.74) is 0.0960. The molecule has 4 saturated carbocycles. The van der Waals surface area contributed by atoms with E-state index in [4.69, 9.17) is 47.4 Å². The van der Waals surface area contributed by atoms with Crippen LogP contribution in [0, 0.1) is 29.6 Å². The SMILES string of the molecule is C=C(C)C(=O)OC(CC)(CC)C1CC2CCC1O2.C=C(C)C(=O)OC1(C2CC3CCC2O3)CCCC1.C=C(C)C(=O)OC1(C2CC3CCC2O3)CCCCC1.C=CC(=O)OC1(C2CC3CCC2O3)CCCC1.C=CC(=O)OC1(C2CC3CCC2O3)CCCCC1. The summed E-state index contributed by atoms with van der Waals surface area (Å²) < 4.78 is 59.0. The van der Waals surface area contributed by atoms with E-state index in [2.05, 4.69) is 46.7 Å². The highest BCUT2D eigenvalue weighted by atomic mass is 16.6. The van der Waals surface area contributed by atoms with Crippen molar-refractivity contribution in [2.24, 2.45) is 29.6 Å². The molecule has 4 aliphatic carbocycles. The maximum absolute atomic E-state index is 12.0. The van der Waals surface area contributed by atoms with Crippen molar-refractivity contribution >= 4 is 29.8 Å². The van der Waals surface area contributed by atoms with Crippen LogP contribution in [-0.2, 0) is 71.3 Å². The van der Waals surface area contributed by atoms with Gasteiger partial charge >= 0.3 is 29.8 Å². The molecule has 10 bridgehead atoms. The minimum atomic E-state index is -0.365. The standard InChI is InChI=1S/C16H24O3.2C15H22O3.C15H24O3.C14H20O3/c1-11(2)15(17)19-16(8-4-3-5-9-16)13-10-12-6-7-14(13)18-12;1-10(2)14(16)18-15(7-3-4-8-15)12-9-11-5-6-13(12)17-11;1-2-14(16)18-15(8-4-3-5-9-15)12-10-11-6-7-13(12)17-11;1-5-15(6-2,18-14(16)10(3)4)12-9-11-7-8-13(12)17-11;1-2-13(15)17-14(7-3-4-8-14)11-9-10-5-6-12(11)16-10/h12-14H,1,3-10H2,2H3;11-13H,1,3-9H2,2H3;2,11-13H,1,3-10H2;11-13H,3,5-9H2,1-2,4H3;2,10-12H,1,3-9H2. The maximum atomic E-state index is 12.0. The first kappa shape index (κ1) is 68.7. The minimum Gasteiger partial charge on any atom is -0.456 e. The molecule has 15 unspecified atom stereocenters. The van der Waals surface area contributed by atoms with Gasteiger partial charge < -0.3 is 47.4 Å². The average Bonchev–Trinajstić information content (AvgIpc) is 1.47. The first-order valence-corrected chi connectivity index (χ1v) is 35.8. The molecule has 15 nitrogen and oxygen atoms in total. The Hall–Kier alpha value is -4.15. The van der Waals surface area contributed by atoms with Crippen molar-refractivity contribution in [2.45, 2.75) is 348 Å². The highest BCUT2D eigenvalue weighted by molar-refractivity contribution is 5.88. The number of carbonyl (C=O) groups excluding carboxylic acids is 5. The van der Waals surface area contributed by atoms with Gasteiger partial charge in [-0.15, -0.1) is 0 Å². The van der Waals surface area contributed by atoms with E-state index in [1.54, 1.807) is 20.8 Å². The Kier molecular flexibility index (Phi) is 22.6. The Balaban J connectivity index is 0.000000124. The summed E-state index contributed by atoms with van der Waals surface area (Å²) in [5, 5.41) is 0. The van der Waals surface area contributed by atoms with Crippen molar-refractivity contribution < 1.29 is 71.3 Å². The summed E-state index contributed by atoms with van der Waals surface area (Å²) in [6.07, 6.45) is 44.7. The van der Waals surface area contributed by atoms with Crippen molar-refractivity contribution in [1.82, 2.24) is 0 Å². The average molecular weight is 1250 g/mol. The van der Waals surface area contributed by atoms with Gasteiger partial charge in [-0.1, -0.05) is 59.6 Å². The van der Waals surface area contributed by atoms with Crippen molar-refractivity contribution in [2.75, 3.05) is 0 Å². The molecule has 10 heterocycles. The van der Waals surface area contributed by atoms with Gasteiger partial charge in [0.25, 0.3) is 0 Å². The van der Waals surface area contributed by atoms with Crippen LogP contribution in [0.3, 0.4) is 0 Å². The topological polar surface area (TPSA) is 178 Å². The Morgan fingerprint density at radius 1 is 0.389 bits per heavy atom. The minimum absolute atomic E-state index is 0.218. The van der Waals surface area contributed by atoms with Crippen LogP contribution in [-0.4, -0.2) is 119 Å². The number of rotatable bonds is 17. The third-order valence-electron chi connectivity index (χ3n) is 24.3. The Morgan fingerprint density at radius 2 is 0.656 bits per heavy atom. The maximum Gasteiger partial charge on any atom is 0.333 e. The highest BCUT2D eigenvalue weighted by Gasteiger charge is 2.59. The van der Waals surface area contributed by atoms with Crippen molar-refractivity contribution in [3.05, 3.63) is 61.8 Å². The second-order valence-electron chi connectivity index (χ2n) is 29.9. The zero-order chi connectivity index (χ0) is 64.0. The molecule has 14 aliphatic rings. The molecule has 0 aromatic rings. The van der Waals surface area contributed by atoms with Crippen LogP contribution in [0.25, 0.3) is 0 Å². The van der Waals surface area contributed by atoms with Gasteiger partial charge in [-0.05, 0) is 233 Å². The number of ether oxygens (including phenoxy) is 10. The molecule has 0 radical (unpaired) electrons. The van der Waals surface area contributed by atoms with Gasteiger partial charge in [0.1, 0.15) is 28.0 Å². The molecule has 0 aromatic carbocycles. The summed E-state index contributed by atoms with van der Waals surface area (Å²) >= 11 is 0. The zero-order valence-corrected chi connectivity index (χ0v) is 55.7. The lowest BCUT2D eigenvalue weighted by atomic mass is 9.69. The molecular formula is C75H112O15. The number of hydrogen-bond donors (Lipinski definition) is 0. The molecule has 14 fully saturated rings. The molecule has 15 atom stereocenters. The van der Waals surface area contributed by atoms with E-state index in [9.17, 15) is 24.0 Å². The van der Waals surface area contributed by atoms with E-state index in [0.717, 1.165) is 180 Å². The Bertz CT molecular complexity index is 2520. The Morgan fingerprint density at radius 3 is 0.878 bits per heavy atom. The predicted octanol–water partition coefficient (Wildman–Crippen LogP) is 15.2. The zero-order valence-electron chi connectivity index (χ0n) is 55.7. The monoisotopic (exact) mass is 1250 g/mol. The fourth-order valence-electron chi connectivity index (χ4n) is 19.7. The smallest absolute Gasteiger partial charge is 0.333 e. The van der Waals surface area contributed by atoms with Crippen LogP contribution < -0.4 is 0 Å². The van der Waals surface area contributed by atoms with Gasteiger partial charge in [-0.25, -0.2) is 24.0 Å². The summed E-state index contributed by atoms with van der Waals surface area (Å²) in [5.74, 6) is 0.791. The van der Waals surface area contributed by atoms with E-state index in [0.29, 0.717) is 101 Å². The van der Waals surface area contributed by atoms with E-state index >= 15 is 0 Å². The lowest BCUT2D eigenvalue weighted by molar-refractivity contribution is -0.170.